The van der Waals surface area contributed by atoms with Crippen LogP contribution in [0.1, 0.15) is 28.9 Å². The van der Waals surface area contributed by atoms with Gasteiger partial charge in [0.25, 0.3) is 11.5 Å². The van der Waals surface area contributed by atoms with Gasteiger partial charge in [-0.1, -0.05) is 12.1 Å². The molecule has 0 radical (unpaired) electrons. The van der Waals surface area contributed by atoms with Gasteiger partial charge in [0.2, 0.25) is 0 Å². The van der Waals surface area contributed by atoms with E-state index in [2.05, 4.69) is 25.5 Å². The molecule has 1 amide bonds. The van der Waals surface area contributed by atoms with Crippen molar-refractivity contribution in [3.05, 3.63) is 70.3 Å². The molecule has 0 spiro atoms. The summed E-state index contributed by atoms with van der Waals surface area (Å²) in [6.07, 6.45) is 2.64. The maximum atomic E-state index is 12.4. The molecular formula is C17H16N5O5P. The Morgan fingerprint density at radius 2 is 1.93 bits per heavy atom. The number of carbonyl (C=O) groups excluding carboxylic acids is 1. The van der Waals surface area contributed by atoms with E-state index in [1.54, 1.807) is 19.1 Å². The van der Waals surface area contributed by atoms with E-state index in [0.717, 1.165) is 6.20 Å². The second-order valence-corrected chi connectivity index (χ2v) is 7.52. The molecule has 4 N–H and O–H groups in total. The van der Waals surface area contributed by atoms with Gasteiger partial charge in [-0.2, -0.15) is 5.10 Å². The second-order valence-electron chi connectivity index (χ2n) is 5.91. The Balaban J connectivity index is 1.75. The Hall–Kier alpha value is -3.20. The summed E-state index contributed by atoms with van der Waals surface area (Å²) >= 11 is 0. The van der Waals surface area contributed by atoms with Crippen molar-refractivity contribution < 1.29 is 19.1 Å². The first-order chi connectivity index (χ1) is 13.3. The van der Waals surface area contributed by atoms with Crippen LogP contribution in [0.4, 0.5) is 0 Å². The van der Waals surface area contributed by atoms with Gasteiger partial charge < -0.3 is 20.1 Å². The van der Waals surface area contributed by atoms with Gasteiger partial charge in [0.1, 0.15) is 11.3 Å². The molecule has 1 aromatic carbocycles. The topological polar surface area (TPSA) is 158 Å². The maximum Gasteiger partial charge on any atom is 0.356 e. The Morgan fingerprint density at radius 1 is 1.21 bits per heavy atom. The Morgan fingerprint density at radius 3 is 2.50 bits per heavy atom. The minimum Gasteiger partial charge on any atom is -0.345 e. The standard InChI is InChI=1S/C17H16N5O5P/c1-10(11-4-6-12(7-5-11)28(25,26)27)20-16(23)13-9-18-15(21-17(13)24)14-3-2-8-19-22-14/h2-10H,1H3,(H,20,23)(H,18,21,24)(H2,25,26,27)/t10-/m0/s1. The number of hydrogen-bond acceptors (Lipinski definition) is 6. The largest absolute Gasteiger partial charge is 0.356 e. The molecule has 0 fully saturated rings. The van der Waals surface area contributed by atoms with Gasteiger partial charge in [-0.15, -0.1) is 5.10 Å². The lowest BCUT2D eigenvalue weighted by atomic mass is 10.1. The van der Waals surface area contributed by atoms with E-state index in [-0.39, 0.29) is 16.7 Å². The third-order valence-electron chi connectivity index (χ3n) is 3.94. The fourth-order valence-corrected chi connectivity index (χ4v) is 2.97. The predicted molar refractivity (Wildman–Crippen MR) is 99.9 cm³/mol. The van der Waals surface area contributed by atoms with E-state index in [0.29, 0.717) is 11.3 Å². The molecule has 28 heavy (non-hydrogen) atoms. The predicted octanol–water partition coefficient (Wildman–Crippen LogP) is 0.521. The molecule has 10 nitrogen and oxygen atoms in total. The van der Waals surface area contributed by atoms with Crippen molar-refractivity contribution in [1.29, 1.82) is 0 Å². The first kappa shape index (κ1) is 19.6. The molecule has 0 unspecified atom stereocenters. The normalized spacial score (nSPS) is 12.4. The SMILES string of the molecule is C[C@H](NC(=O)c1cnc(-c2cccnn2)[nH]c1=O)c1ccc(P(=O)(O)O)cc1. The second kappa shape index (κ2) is 7.81. The van der Waals surface area contributed by atoms with Gasteiger partial charge in [0, 0.05) is 12.4 Å². The summed E-state index contributed by atoms with van der Waals surface area (Å²) in [4.78, 5) is 49.4. The lowest BCUT2D eigenvalue weighted by molar-refractivity contribution is 0.0938. The van der Waals surface area contributed by atoms with E-state index in [9.17, 15) is 14.2 Å². The van der Waals surface area contributed by atoms with Crippen LogP contribution in [0.25, 0.3) is 11.5 Å². The molecule has 144 valence electrons. The number of nitrogens with zero attached hydrogens (tertiary/aromatic N) is 3. The monoisotopic (exact) mass is 401 g/mol. The number of nitrogens with one attached hydrogen (secondary N) is 2. The summed E-state index contributed by atoms with van der Waals surface area (Å²) in [6.45, 7) is 1.68. The van der Waals surface area contributed by atoms with Crippen LogP contribution in [0.5, 0.6) is 0 Å². The highest BCUT2D eigenvalue weighted by Crippen LogP contribution is 2.33. The summed E-state index contributed by atoms with van der Waals surface area (Å²) < 4.78 is 11.2. The van der Waals surface area contributed by atoms with Crippen molar-refractivity contribution in [2.75, 3.05) is 0 Å². The minimum absolute atomic E-state index is 0.116. The molecule has 3 aromatic rings. The summed E-state index contributed by atoms with van der Waals surface area (Å²) in [7, 11) is -4.33. The maximum absolute atomic E-state index is 12.4. The number of carbonyl (C=O) groups is 1. The van der Waals surface area contributed by atoms with E-state index >= 15 is 0 Å². The van der Waals surface area contributed by atoms with Crippen molar-refractivity contribution >= 4 is 18.8 Å². The van der Waals surface area contributed by atoms with E-state index in [1.165, 1.54) is 30.5 Å². The number of H-pyrrole nitrogens is 1. The first-order valence-corrected chi connectivity index (χ1v) is 9.71. The molecule has 0 saturated carbocycles. The van der Waals surface area contributed by atoms with Crippen LogP contribution < -0.4 is 16.2 Å². The lowest BCUT2D eigenvalue weighted by Gasteiger charge is -2.15. The highest BCUT2D eigenvalue weighted by molar-refractivity contribution is 7.60. The van der Waals surface area contributed by atoms with Crippen LogP contribution >= 0.6 is 7.60 Å². The highest BCUT2D eigenvalue weighted by atomic mass is 31.2. The van der Waals surface area contributed by atoms with E-state index < -0.39 is 25.1 Å². The highest BCUT2D eigenvalue weighted by Gasteiger charge is 2.19. The molecular weight excluding hydrogens is 385 g/mol. The molecule has 11 heteroatoms. The van der Waals surface area contributed by atoms with Crippen LogP contribution in [-0.4, -0.2) is 35.9 Å². The number of amides is 1. The molecule has 0 aliphatic heterocycles. The summed E-state index contributed by atoms with van der Waals surface area (Å²) in [6, 6.07) is 8.35. The molecule has 0 saturated heterocycles. The fourth-order valence-electron chi connectivity index (χ4n) is 2.43. The Labute approximate surface area is 158 Å². The average molecular weight is 401 g/mol. The van der Waals surface area contributed by atoms with Gasteiger partial charge in [-0.3, -0.25) is 14.2 Å². The van der Waals surface area contributed by atoms with Crippen molar-refractivity contribution in [3.8, 4) is 11.5 Å². The van der Waals surface area contributed by atoms with Crippen LogP contribution in [0.15, 0.2) is 53.6 Å². The lowest BCUT2D eigenvalue weighted by Crippen LogP contribution is -2.32. The summed E-state index contributed by atoms with van der Waals surface area (Å²) in [5.41, 5.74) is 0.180. The number of hydrogen-bond donors (Lipinski definition) is 4. The van der Waals surface area contributed by atoms with Crippen LogP contribution in [0, 0.1) is 0 Å². The summed E-state index contributed by atoms with van der Waals surface area (Å²) in [5, 5.41) is 10.1. The van der Waals surface area contributed by atoms with E-state index in [4.69, 9.17) is 9.79 Å². The van der Waals surface area contributed by atoms with Gasteiger partial charge in [0.05, 0.1) is 11.3 Å². The van der Waals surface area contributed by atoms with Crippen molar-refractivity contribution in [2.45, 2.75) is 13.0 Å². The number of benzene rings is 1. The average Bonchev–Trinajstić information content (AvgIpc) is 2.68. The Bertz CT molecular complexity index is 1090. The molecule has 0 bridgehead atoms. The molecule has 2 aromatic heterocycles. The zero-order valence-corrected chi connectivity index (χ0v) is 15.5. The van der Waals surface area contributed by atoms with Crippen molar-refractivity contribution in [3.63, 3.8) is 0 Å². The molecule has 0 aliphatic carbocycles. The van der Waals surface area contributed by atoms with Crippen LogP contribution in [-0.2, 0) is 4.57 Å². The third-order valence-corrected chi connectivity index (χ3v) is 4.91. The number of rotatable bonds is 5. The van der Waals surface area contributed by atoms with Gasteiger partial charge in [-0.05, 0) is 36.8 Å². The zero-order chi connectivity index (χ0) is 20.3. The van der Waals surface area contributed by atoms with Crippen molar-refractivity contribution in [1.82, 2.24) is 25.5 Å². The summed E-state index contributed by atoms with van der Waals surface area (Å²) in [5.74, 6) is -0.443. The van der Waals surface area contributed by atoms with Crippen LogP contribution in [0.2, 0.25) is 0 Å². The van der Waals surface area contributed by atoms with Gasteiger partial charge in [0.15, 0.2) is 5.82 Å². The van der Waals surface area contributed by atoms with E-state index in [1.807, 2.05) is 0 Å². The fraction of sp³-hybridized carbons (Fsp3) is 0.118. The smallest absolute Gasteiger partial charge is 0.345 e. The van der Waals surface area contributed by atoms with Crippen LogP contribution in [0.3, 0.4) is 0 Å². The molecule has 2 heterocycles. The quantitative estimate of drug-likeness (QED) is 0.451. The molecule has 1 atom stereocenters. The minimum atomic E-state index is -4.33. The number of aromatic nitrogens is 4. The molecule has 3 rings (SSSR count). The van der Waals surface area contributed by atoms with Gasteiger partial charge in [-0.25, -0.2) is 4.98 Å². The Kier molecular flexibility index (Phi) is 5.46. The van der Waals surface area contributed by atoms with Gasteiger partial charge >= 0.3 is 7.60 Å². The first-order valence-electron chi connectivity index (χ1n) is 8.10. The zero-order valence-electron chi connectivity index (χ0n) is 14.6. The molecule has 0 aliphatic rings. The third kappa shape index (κ3) is 4.37. The van der Waals surface area contributed by atoms with Crippen molar-refractivity contribution in [2.24, 2.45) is 0 Å². The number of aromatic amines is 1.